The minimum atomic E-state index is -0.313. The van der Waals surface area contributed by atoms with Crippen molar-refractivity contribution in [1.82, 2.24) is 14.5 Å². The molecule has 3 heterocycles. The first-order chi connectivity index (χ1) is 24.8. The summed E-state index contributed by atoms with van der Waals surface area (Å²) in [6.45, 7) is 0. The molecule has 1 atom stereocenters. The number of benzene rings is 6. The summed E-state index contributed by atoms with van der Waals surface area (Å²) in [6.07, 6.45) is 8.47. The first kappa shape index (κ1) is 28.5. The Morgan fingerprint density at radius 1 is 0.560 bits per heavy atom. The molecule has 50 heavy (non-hydrogen) atoms. The smallest absolute Gasteiger partial charge is 0.159 e. The van der Waals surface area contributed by atoms with Crippen LogP contribution in [0.15, 0.2) is 174 Å². The van der Waals surface area contributed by atoms with E-state index in [0.717, 1.165) is 46.9 Å². The lowest BCUT2D eigenvalue weighted by Gasteiger charge is -2.24. The van der Waals surface area contributed by atoms with Crippen LogP contribution in [0.2, 0.25) is 0 Å². The number of amidine groups is 2. The Labute approximate surface area is 289 Å². The van der Waals surface area contributed by atoms with Crippen molar-refractivity contribution < 1.29 is 0 Å². The number of nitrogens with one attached hydrogen (secondary N) is 1. The second-order valence-corrected chi connectivity index (χ2v) is 13.0. The van der Waals surface area contributed by atoms with E-state index >= 15 is 0 Å². The first-order valence-corrected chi connectivity index (χ1v) is 17.3. The van der Waals surface area contributed by atoms with Crippen molar-refractivity contribution in [3.05, 3.63) is 181 Å². The predicted octanol–water partition coefficient (Wildman–Crippen LogP) is 10.6. The lowest BCUT2D eigenvalue weighted by atomic mass is 10.1. The fourth-order valence-corrected chi connectivity index (χ4v) is 7.71. The third-order valence-corrected chi connectivity index (χ3v) is 10.0. The summed E-state index contributed by atoms with van der Waals surface area (Å²) in [6, 6.07) is 51.7. The molecular weight excluding hydrogens is 611 g/mol. The normalized spacial score (nSPS) is 16.1. The van der Waals surface area contributed by atoms with Crippen LogP contribution in [-0.4, -0.2) is 20.8 Å². The second-order valence-electron chi connectivity index (χ2n) is 13.0. The Morgan fingerprint density at radius 3 is 1.94 bits per heavy atom. The zero-order valence-electron chi connectivity index (χ0n) is 27.4. The molecule has 8 aromatic rings. The Hall–Kier alpha value is -6.46. The zero-order chi connectivity index (χ0) is 33.0. The molecule has 6 aromatic carbocycles. The van der Waals surface area contributed by atoms with Crippen molar-refractivity contribution in [3.63, 3.8) is 0 Å². The number of aromatic nitrogens is 2. The highest BCUT2D eigenvalue weighted by Crippen LogP contribution is 2.40. The van der Waals surface area contributed by atoms with Crippen LogP contribution in [0.1, 0.15) is 35.7 Å². The maximum Gasteiger partial charge on any atom is 0.159 e. The molecule has 238 valence electrons. The summed E-state index contributed by atoms with van der Waals surface area (Å²) < 4.78 is 4.89. The number of nitrogens with zero attached hydrogens (tertiary/aromatic N) is 4. The maximum absolute atomic E-state index is 5.17. The second kappa shape index (κ2) is 11.6. The molecule has 5 heteroatoms. The van der Waals surface area contributed by atoms with Gasteiger partial charge in [-0.25, -0.2) is 9.98 Å². The van der Waals surface area contributed by atoms with Gasteiger partial charge in [-0.15, -0.1) is 0 Å². The average Bonchev–Trinajstić information content (AvgIpc) is 3.70. The van der Waals surface area contributed by atoms with Crippen LogP contribution in [0, 0.1) is 0 Å². The van der Waals surface area contributed by atoms with E-state index in [2.05, 4.69) is 142 Å². The van der Waals surface area contributed by atoms with Gasteiger partial charge in [-0.05, 0) is 60.9 Å². The van der Waals surface area contributed by atoms with E-state index in [9.17, 15) is 0 Å². The Balaban J connectivity index is 1.17. The number of rotatable bonds is 5. The monoisotopic (exact) mass is 643 g/mol. The van der Waals surface area contributed by atoms with Gasteiger partial charge in [0.05, 0.1) is 22.1 Å². The van der Waals surface area contributed by atoms with Crippen LogP contribution < -0.4 is 5.32 Å². The maximum atomic E-state index is 5.17. The zero-order valence-corrected chi connectivity index (χ0v) is 27.4. The summed E-state index contributed by atoms with van der Waals surface area (Å²) in [5.74, 6) is 1.53. The molecule has 1 aliphatic heterocycles. The number of aliphatic imine (C=N–C) groups is 2. The van der Waals surface area contributed by atoms with Crippen LogP contribution in [0.5, 0.6) is 0 Å². The van der Waals surface area contributed by atoms with Crippen molar-refractivity contribution in [2.75, 3.05) is 0 Å². The number of hydrogen-bond acceptors (Lipinski definition) is 3. The van der Waals surface area contributed by atoms with Crippen LogP contribution in [-0.2, 0) is 0 Å². The van der Waals surface area contributed by atoms with E-state index in [4.69, 9.17) is 9.98 Å². The molecule has 0 saturated heterocycles. The largest absolute Gasteiger partial charge is 0.344 e. The molecule has 2 aliphatic rings. The molecule has 1 unspecified atom stereocenters. The highest BCUT2D eigenvalue weighted by Gasteiger charge is 2.23. The fraction of sp³-hybridized carbons (Fsp3) is 0.0667. The van der Waals surface area contributed by atoms with E-state index in [0.29, 0.717) is 0 Å². The van der Waals surface area contributed by atoms with Crippen molar-refractivity contribution >= 4 is 61.0 Å². The quantitative estimate of drug-likeness (QED) is 0.199. The van der Waals surface area contributed by atoms with E-state index in [1.165, 1.54) is 49.3 Å². The molecule has 0 amide bonds. The number of hydrogen-bond donors (Lipinski definition) is 1. The van der Waals surface area contributed by atoms with Gasteiger partial charge in [0.25, 0.3) is 0 Å². The molecule has 0 saturated carbocycles. The highest BCUT2D eigenvalue weighted by molar-refractivity contribution is 6.19. The van der Waals surface area contributed by atoms with Crippen molar-refractivity contribution in [3.8, 4) is 5.69 Å². The van der Waals surface area contributed by atoms with E-state index in [-0.39, 0.29) is 6.17 Å². The molecule has 1 N–H and O–H groups in total. The molecule has 0 radical (unpaired) electrons. The molecule has 0 spiro atoms. The summed E-state index contributed by atoms with van der Waals surface area (Å²) in [7, 11) is 0. The van der Waals surface area contributed by atoms with E-state index in [1.807, 2.05) is 36.4 Å². The van der Waals surface area contributed by atoms with Gasteiger partial charge in [-0.2, -0.15) is 0 Å². The van der Waals surface area contributed by atoms with Gasteiger partial charge in [-0.3, -0.25) is 0 Å². The van der Waals surface area contributed by atoms with Crippen molar-refractivity contribution in [2.24, 2.45) is 9.98 Å². The third kappa shape index (κ3) is 4.62. The van der Waals surface area contributed by atoms with Crippen LogP contribution >= 0.6 is 0 Å². The van der Waals surface area contributed by atoms with E-state index in [1.54, 1.807) is 0 Å². The minimum Gasteiger partial charge on any atom is -0.344 e. The molecule has 1 aliphatic carbocycles. The highest BCUT2D eigenvalue weighted by atomic mass is 15.2. The predicted molar refractivity (Wildman–Crippen MR) is 208 cm³/mol. The SMILES string of the molecule is C1=CCCC(n2c3ccccc3c3cc4c5ccccc5n(-c5cccc(C6N=C(c7ccccc7)N=C(c7ccccc7)N6)c5)c4cc32)=C1. The number of fused-ring (bicyclic) bond motifs is 6. The van der Waals surface area contributed by atoms with Gasteiger partial charge in [0.1, 0.15) is 12.0 Å². The average molecular weight is 644 g/mol. The van der Waals surface area contributed by atoms with Gasteiger partial charge in [-0.1, -0.05) is 121 Å². The Bertz CT molecular complexity index is 2720. The molecule has 0 bridgehead atoms. The standard InChI is InChI=1S/C45H33N5/c1-4-15-30(16-5-1)43-46-44(31-17-6-2-7-18-31)48-45(47-43)32-19-14-22-34(27-32)50-40-26-13-11-24-36(40)38-28-37-35-23-10-12-25-39(35)49(41(37)29-42(38)50)33-20-8-3-9-21-33/h1-8,10-20,22-29,45H,9,21H2,(H,46,47,48). The van der Waals surface area contributed by atoms with Crippen LogP contribution in [0.3, 0.4) is 0 Å². The summed E-state index contributed by atoms with van der Waals surface area (Å²) in [4.78, 5) is 10.2. The van der Waals surface area contributed by atoms with E-state index < -0.39 is 0 Å². The summed E-state index contributed by atoms with van der Waals surface area (Å²) >= 11 is 0. The lowest BCUT2D eigenvalue weighted by Crippen LogP contribution is -2.33. The van der Waals surface area contributed by atoms with Gasteiger partial charge in [0, 0.05) is 44.1 Å². The van der Waals surface area contributed by atoms with Crippen molar-refractivity contribution in [1.29, 1.82) is 0 Å². The topological polar surface area (TPSA) is 46.6 Å². The van der Waals surface area contributed by atoms with Gasteiger partial charge in [0.15, 0.2) is 5.84 Å². The molecule has 0 fully saturated rings. The van der Waals surface area contributed by atoms with Crippen LogP contribution in [0.25, 0.3) is 55.0 Å². The number of para-hydroxylation sites is 2. The molecular formula is C45H33N5. The van der Waals surface area contributed by atoms with Crippen LogP contribution in [0.4, 0.5) is 0 Å². The molecule has 2 aromatic heterocycles. The fourth-order valence-electron chi connectivity index (χ4n) is 7.71. The minimum absolute atomic E-state index is 0.313. The lowest BCUT2D eigenvalue weighted by molar-refractivity contribution is 0.674. The van der Waals surface area contributed by atoms with Gasteiger partial charge >= 0.3 is 0 Å². The first-order valence-electron chi connectivity index (χ1n) is 17.3. The third-order valence-electron chi connectivity index (χ3n) is 10.0. The molecule has 5 nitrogen and oxygen atoms in total. The molecule has 10 rings (SSSR count). The summed E-state index contributed by atoms with van der Waals surface area (Å²) in [5.41, 5.74) is 10.4. The Kier molecular flexibility index (Phi) is 6.62. The summed E-state index contributed by atoms with van der Waals surface area (Å²) in [5, 5.41) is 8.70. The number of allylic oxidation sites excluding steroid dienone is 4. The van der Waals surface area contributed by atoms with Crippen molar-refractivity contribution in [2.45, 2.75) is 19.0 Å². The van der Waals surface area contributed by atoms with Gasteiger partial charge < -0.3 is 14.5 Å². The van der Waals surface area contributed by atoms with Gasteiger partial charge in [0.2, 0.25) is 0 Å². The Morgan fingerprint density at radius 2 is 1.22 bits per heavy atom.